The van der Waals surface area contributed by atoms with Crippen LogP contribution in [0.15, 0.2) is 0 Å². The summed E-state index contributed by atoms with van der Waals surface area (Å²) in [6, 6.07) is 0. The Kier molecular flexibility index (Phi) is 5.69. The van der Waals surface area contributed by atoms with E-state index in [0.29, 0.717) is 41.9 Å². The standard InChI is InChI=1S/C28H44O6/c1-14-7-10-28(32-13-14)15(2)24-22(34-28)12-21-23-19(8-9-27(21,24)4)18-6-5-17(33-16(3)29)11-20(18)25(30)26(23)31/h14-15,17-26,30-31H,5-13H2,1-4H3. The van der Waals surface area contributed by atoms with Gasteiger partial charge >= 0.3 is 5.97 Å². The van der Waals surface area contributed by atoms with Crippen molar-refractivity contribution in [1.82, 2.24) is 0 Å². The number of aliphatic hydroxyl groups excluding tert-OH is 2. The molecule has 6 aliphatic rings. The summed E-state index contributed by atoms with van der Waals surface area (Å²) in [5.74, 6) is 2.12. The van der Waals surface area contributed by atoms with Crippen LogP contribution in [-0.4, -0.2) is 53.0 Å². The second-order valence-electron chi connectivity index (χ2n) is 13.2. The van der Waals surface area contributed by atoms with Crippen molar-refractivity contribution >= 4 is 5.97 Å². The van der Waals surface area contributed by atoms with Gasteiger partial charge in [-0.25, -0.2) is 0 Å². The highest BCUT2D eigenvalue weighted by molar-refractivity contribution is 5.66. The molecule has 6 heteroatoms. The van der Waals surface area contributed by atoms with Crippen molar-refractivity contribution in [3.63, 3.8) is 0 Å². The first-order chi connectivity index (χ1) is 16.1. The van der Waals surface area contributed by atoms with Gasteiger partial charge in [-0.15, -0.1) is 0 Å². The first-order valence-electron chi connectivity index (χ1n) is 14.0. The van der Waals surface area contributed by atoms with E-state index in [-0.39, 0.29) is 35.4 Å². The number of aliphatic hydroxyl groups is 2. The maximum Gasteiger partial charge on any atom is 0.302 e. The van der Waals surface area contributed by atoms with Crippen molar-refractivity contribution < 1.29 is 29.2 Å². The smallest absolute Gasteiger partial charge is 0.302 e. The Hall–Kier alpha value is -0.690. The van der Waals surface area contributed by atoms with E-state index in [0.717, 1.165) is 45.1 Å². The van der Waals surface area contributed by atoms with Gasteiger partial charge in [0.05, 0.1) is 24.9 Å². The van der Waals surface area contributed by atoms with Crippen LogP contribution in [-0.2, 0) is 19.0 Å². The van der Waals surface area contributed by atoms with Crippen LogP contribution in [0.4, 0.5) is 0 Å². The minimum atomic E-state index is -0.736. The fourth-order valence-corrected chi connectivity index (χ4v) is 10.2. The molecule has 2 heterocycles. The fourth-order valence-electron chi connectivity index (χ4n) is 10.2. The van der Waals surface area contributed by atoms with Crippen LogP contribution in [0.3, 0.4) is 0 Å². The highest BCUT2D eigenvalue weighted by Gasteiger charge is 2.69. The molecule has 6 nitrogen and oxygen atoms in total. The highest BCUT2D eigenvalue weighted by atomic mass is 16.7. The summed E-state index contributed by atoms with van der Waals surface area (Å²) in [5.41, 5.74) is 0.115. The van der Waals surface area contributed by atoms with Gasteiger partial charge in [-0.1, -0.05) is 20.8 Å². The maximum atomic E-state index is 11.5. The predicted octanol–water partition coefficient (Wildman–Crippen LogP) is 3.92. The van der Waals surface area contributed by atoms with Crippen LogP contribution < -0.4 is 0 Å². The summed E-state index contributed by atoms with van der Waals surface area (Å²) in [4.78, 5) is 11.5. The first kappa shape index (κ1) is 23.7. The Morgan fingerprint density at radius 2 is 1.76 bits per heavy atom. The number of hydrogen-bond acceptors (Lipinski definition) is 6. The molecule has 4 aliphatic carbocycles. The van der Waals surface area contributed by atoms with E-state index in [4.69, 9.17) is 14.2 Å². The van der Waals surface area contributed by atoms with Crippen molar-refractivity contribution in [3.05, 3.63) is 0 Å². The average molecular weight is 477 g/mol. The Bertz CT molecular complexity index is 807. The van der Waals surface area contributed by atoms with Crippen LogP contribution >= 0.6 is 0 Å². The second kappa shape index (κ2) is 8.16. The Morgan fingerprint density at radius 3 is 2.47 bits per heavy atom. The molecule has 0 aromatic carbocycles. The molecular formula is C28H44O6. The lowest BCUT2D eigenvalue weighted by atomic mass is 9.47. The minimum absolute atomic E-state index is 0.0238. The van der Waals surface area contributed by atoms with Crippen molar-refractivity contribution in [2.24, 2.45) is 52.8 Å². The van der Waals surface area contributed by atoms with Crippen LogP contribution in [0.25, 0.3) is 0 Å². The molecule has 0 bridgehead atoms. The Balaban J connectivity index is 1.24. The summed E-state index contributed by atoms with van der Waals surface area (Å²) in [6.45, 7) is 9.30. The van der Waals surface area contributed by atoms with E-state index in [2.05, 4.69) is 20.8 Å². The lowest BCUT2D eigenvalue weighted by Crippen LogP contribution is -2.60. The van der Waals surface area contributed by atoms with Crippen LogP contribution in [0.5, 0.6) is 0 Å². The fraction of sp³-hybridized carbons (Fsp3) is 0.964. The second-order valence-corrected chi connectivity index (χ2v) is 13.2. The van der Waals surface area contributed by atoms with Crippen LogP contribution in [0.1, 0.15) is 79.1 Å². The average Bonchev–Trinajstić information content (AvgIpc) is 3.23. The number of carbonyl (C=O) groups is 1. The number of esters is 1. The quantitative estimate of drug-likeness (QED) is 0.558. The van der Waals surface area contributed by atoms with E-state index in [1.165, 1.54) is 13.3 Å². The van der Waals surface area contributed by atoms with Crippen molar-refractivity contribution in [2.75, 3.05) is 6.61 Å². The molecule has 14 atom stereocenters. The minimum Gasteiger partial charge on any atom is -0.463 e. The van der Waals surface area contributed by atoms with Gasteiger partial charge in [0.25, 0.3) is 0 Å². The van der Waals surface area contributed by atoms with Crippen LogP contribution in [0, 0.1) is 52.8 Å². The molecule has 4 saturated carbocycles. The third-order valence-corrected chi connectivity index (χ3v) is 11.6. The summed E-state index contributed by atoms with van der Waals surface area (Å²) in [6.07, 6.45) is 6.56. The molecule has 2 N–H and O–H groups in total. The monoisotopic (exact) mass is 476 g/mol. The summed E-state index contributed by atoms with van der Waals surface area (Å²) >= 11 is 0. The number of ether oxygens (including phenoxy) is 3. The lowest BCUT2D eigenvalue weighted by molar-refractivity contribution is -0.274. The van der Waals surface area contributed by atoms with E-state index in [1.54, 1.807) is 0 Å². The molecule has 0 amide bonds. The maximum absolute atomic E-state index is 11.5. The van der Waals surface area contributed by atoms with Gasteiger partial charge in [0, 0.05) is 19.3 Å². The normalized spacial score (nSPS) is 58.5. The molecule has 0 radical (unpaired) electrons. The van der Waals surface area contributed by atoms with Gasteiger partial charge in [0.15, 0.2) is 5.79 Å². The molecule has 1 spiro atoms. The first-order valence-corrected chi connectivity index (χ1v) is 14.0. The lowest BCUT2D eigenvalue weighted by Gasteiger charge is -2.59. The molecule has 14 unspecified atom stereocenters. The van der Waals surface area contributed by atoms with Crippen LogP contribution in [0.2, 0.25) is 0 Å². The third kappa shape index (κ3) is 3.30. The summed E-state index contributed by atoms with van der Waals surface area (Å²) in [7, 11) is 0. The zero-order chi connectivity index (χ0) is 24.0. The van der Waals surface area contributed by atoms with Gasteiger partial charge in [0.2, 0.25) is 0 Å². The van der Waals surface area contributed by atoms with Crippen molar-refractivity contribution in [2.45, 2.75) is 109 Å². The number of rotatable bonds is 1. The SMILES string of the molecule is CC(=O)OC1CCC2C(C1)C(O)C(O)C1C2CCC2(C)C1CC1OC3(CCC(C)CO3)C(C)C12. The molecule has 6 fully saturated rings. The molecule has 34 heavy (non-hydrogen) atoms. The summed E-state index contributed by atoms with van der Waals surface area (Å²) < 4.78 is 18.7. The van der Waals surface area contributed by atoms with Gasteiger partial charge in [-0.05, 0) is 91.8 Å². The van der Waals surface area contributed by atoms with Crippen molar-refractivity contribution in [1.29, 1.82) is 0 Å². The molecule has 0 aromatic heterocycles. The topological polar surface area (TPSA) is 85.2 Å². The van der Waals surface area contributed by atoms with E-state index >= 15 is 0 Å². The molecule has 0 aromatic rings. The number of hydrogen-bond donors (Lipinski definition) is 2. The largest absolute Gasteiger partial charge is 0.463 e. The van der Waals surface area contributed by atoms with Gasteiger partial charge < -0.3 is 24.4 Å². The predicted molar refractivity (Wildman–Crippen MR) is 125 cm³/mol. The zero-order valence-electron chi connectivity index (χ0n) is 21.3. The molecule has 2 saturated heterocycles. The Labute approximate surface area is 204 Å². The number of fused-ring (bicyclic) bond motifs is 7. The zero-order valence-corrected chi connectivity index (χ0v) is 21.3. The van der Waals surface area contributed by atoms with E-state index in [9.17, 15) is 15.0 Å². The van der Waals surface area contributed by atoms with Gasteiger partial charge in [0.1, 0.15) is 6.10 Å². The summed E-state index contributed by atoms with van der Waals surface area (Å²) in [5, 5.41) is 22.8. The van der Waals surface area contributed by atoms with Gasteiger partial charge in [-0.3, -0.25) is 4.79 Å². The van der Waals surface area contributed by atoms with Crippen molar-refractivity contribution in [3.8, 4) is 0 Å². The molecule has 6 rings (SSSR count). The third-order valence-electron chi connectivity index (χ3n) is 11.6. The highest BCUT2D eigenvalue weighted by Crippen LogP contribution is 2.69. The van der Waals surface area contributed by atoms with E-state index in [1.807, 2.05) is 0 Å². The molecular weight excluding hydrogens is 432 g/mol. The molecule has 2 aliphatic heterocycles. The number of carbonyl (C=O) groups excluding carboxylic acids is 1. The van der Waals surface area contributed by atoms with Gasteiger partial charge in [-0.2, -0.15) is 0 Å². The van der Waals surface area contributed by atoms with E-state index < -0.39 is 18.0 Å². The molecule has 192 valence electrons. The Morgan fingerprint density at radius 1 is 0.971 bits per heavy atom.